The van der Waals surface area contributed by atoms with E-state index in [0.717, 1.165) is 12.3 Å². The molecule has 2 rings (SSSR count). The van der Waals surface area contributed by atoms with Crippen molar-refractivity contribution in [2.75, 3.05) is 19.6 Å². The second kappa shape index (κ2) is 4.02. The first kappa shape index (κ1) is 10.2. The van der Waals surface area contributed by atoms with Gasteiger partial charge in [-0.3, -0.25) is 4.79 Å². The Kier molecular flexibility index (Phi) is 2.73. The smallest absolute Gasteiger partial charge is 0.220 e. The summed E-state index contributed by atoms with van der Waals surface area (Å²) in [6, 6.07) is -0.0649. The first-order chi connectivity index (χ1) is 7.18. The molecule has 1 aliphatic rings. The molecular weight excluding hydrogens is 194 g/mol. The zero-order valence-electron chi connectivity index (χ0n) is 8.99. The molecule has 0 saturated carbocycles. The predicted molar refractivity (Wildman–Crippen MR) is 54.2 cm³/mol. The van der Waals surface area contributed by atoms with Crippen molar-refractivity contribution in [3.63, 3.8) is 0 Å². The summed E-state index contributed by atoms with van der Waals surface area (Å²) in [5, 5.41) is 3.23. The van der Waals surface area contributed by atoms with Gasteiger partial charge in [0.25, 0.3) is 0 Å². The maximum Gasteiger partial charge on any atom is 0.220 e. The van der Waals surface area contributed by atoms with Gasteiger partial charge >= 0.3 is 0 Å². The van der Waals surface area contributed by atoms with Gasteiger partial charge in [0.2, 0.25) is 11.8 Å². The minimum absolute atomic E-state index is 0.0649. The molecule has 0 radical (unpaired) electrons. The molecule has 1 amide bonds. The lowest BCUT2D eigenvalue weighted by Crippen LogP contribution is -2.48. The van der Waals surface area contributed by atoms with E-state index in [-0.39, 0.29) is 11.9 Å². The van der Waals surface area contributed by atoms with Crippen molar-refractivity contribution in [2.24, 2.45) is 0 Å². The number of carbonyl (C=O) groups excluding carboxylic acids is 1. The highest BCUT2D eigenvalue weighted by atomic mass is 16.4. The first-order valence-electron chi connectivity index (χ1n) is 5.08. The summed E-state index contributed by atoms with van der Waals surface area (Å²) in [6.07, 6.45) is 1.68. The molecule has 5 heteroatoms. The van der Waals surface area contributed by atoms with E-state index in [4.69, 9.17) is 4.42 Å². The van der Waals surface area contributed by atoms with Crippen LogP contribution in [0.3, 0.4) is 0 Å². The number of aryl methyl sites for hydroxylation is 1. The van der Waals surface area contributed by atoms with Gasteiger partial charge in [-0.1, -0.05) is 0 Å². The van der Waals surface area contributed by atoms with Crippen LogP contribution in [-0.4, -0.2) is 35.4 Å². The van der Waals surface area contributed by atoms with Crippen LogP contribution in [0.5, 0.6) is 0 Å². The number of aromatic nitrogens is 1. The van der Waals surface area contributed by atoms with Crippen LogP contribution in [0, 0.1) is 6.92 Å². The molecule has 1 unspecified atom stereocenters. The summed E-state index contributed by atoms with van der Waals surface area (Å²) in [7, 11) is 0. The number of hydrogen-bond donors (Lipinski definition) is 1. The van der Waals surface area contributed by atoms with Gasteiger partial charge in [0, 0.05) is 26.6 Å². The number of piperazine rings is 1. The van der Waals surface area contributed by atoms with Crippen LogP contribution < -0.4 is 5.32 Å². The molecule has 1 aromatic rings. The molecule has 82 valence electrons. The Morgan fingerprint density at radius 3 is 3.13 bits per heavy atom. The molecular formula is C10H15N3O2. The molecule has 1 aromatic heterocycles. The van der Waals surface area contributed by atoms with Gasteiger partial charge in [-0.05, 0) is 6.92 Å². The van der Waals surface area contributed by atoms with Crippen molar-refractivity contribution in [1.29, 1.82) is 0 Å². The Morgan fingerprint density at radius 1 is 1.73 bits per heavy atom. The van der Waals surface area contributed by atoms with Gasteiger partial charge in [-0.15, -0.1) is 0 Å². The number of amides is 1. The first-order valence-corrected chi connectivity index (χ1v) is 5.08. The molecule has 15 heavy (non-hydrogen) atoms. The molecule has 0 bridgehead atoms. The molecule has 1 atom stereocenters. The monoisotopic (exact) mass is 209 g/mol. The second-order valence-corrected chi connectivity index (χ2v) is 3.74. The quantitative estimate of drug-likeness (QED) is 0.730. The Hall–Kier alpha value is -1.36. The fourth-order valence-electron chi connectivity index (χ4n) is 1.83. The van der Waals surface area contributed by atoms with Crippen molar-refractivity contribution in [2.45, 2.75) is 19.9 Å². The minimum Gasteiger partial charge on any atom is -0.444 e. The lowest BCUT2D eigenvalue weighted by molar-refractivity contribution is -0.132. The van der Waals surface area contributed by atoms with Crippen molar-refractivity contribution in [3.05, 3.63) is 17.8 Å². The molecule has 5 nitrogen and oxygen atoms in total. The summed E-state index contributed by atoms with van der Waals surface area (Å²) in [6.45, 7) is 5.68. The standard InChI is InChI=1S/C10H15N3O2/c1-7-5-12-10(15-7)9-6-11-3-4-13(9)8(2)14/h5,9,11H,3-4,6H2,1-2H3. The van der Waals surface area contributed by atoms with Gasteiger partial charge in [0.05, 0.1) is 6.20 Å². The Bertz CT molecular complexity index is 361. The number of carbonyl (C=O) groups is 1. The lowest BCUT2D eigenvalue weighted by Gasteiger charge is -2.33. The van der Waals surface area contributed by atoms with Crippen LogP contribution in [0.2, 0.25) is 0 Å². The zero-order chi connectivity index (χ0) is 10.8. The third-order valence-electron chi connectivity index (χ3n) is 2.57. The van der Waals surface area contributed by atoms with Crippen LogP contribution >= 0.6 is 0 Å². The third-order valence-corrected chi connectivity index (χ3v) is 2.57. The normalized spacial score (nSPS) is 21.7. The molecule has 0 aliphatic carbocycles. The van der Waals surface area contributed by atoms with Gasteiger partial charge in [0.15, 0.2) is 0 Å². The van der Waals surface area contributed by atoms with E-state index in [2.05, 4.69) is 10.3 Å². The summed E-state index contributed by atoms with van der Waals surface area (Å²) in [5.74, 6) is 1.46. The SMILES string of the molecule is CC(=O)N1CCNCC1c1ncc(C)o1. The molecule has 1 fully saturated rings. The van der Waals surface area contributed by atoms with E-state index >= 15 is 0 Å². The molecule has 0 spiro atoms. The van der Waals surface area contributed by atoms with E-state index in [9.17, 15) is 4.79 Å². The summed E-state index contributed by atoms with van der Waals surface area (Å²) in [4.78, 5) is 17.4. The molecule has 1 N–H and O–H groups in total. The summed E-state index contributed by atoms with van der Waals surface area (Å²) < 4.78 is 5.46. The molecule has 1 aliphatic heterocycles. The fraction of sp³-hybridized carbons (Fsp3) is 0.600. The molecule has 1 saturated heterocycles. The van der Waals surface area contributed by atoms with E-state index in [1.165, 1.54) is 0 Å². The van der Waals surface area contributed by atoms with Gasteiger partial charge < -0.3 is 14.6 Å². The predicted octanol–water partition coefficient (Wildman–Crippen LogP) is 0.476. The average molecular weight is 209 g/mol. The van der Waals surface area contributed by atoms with Crippen molar-refractivity contribution >= 4 is 5.91 Å². The molecule has 2 heterocycles. The lowest BCUT2D eigenvalue weighted by atomic mass is 10.2. The minimum atomic E-state index is -0.0649. The number of rotatable bonds is 1. The number of nitrogens with zero attached hydrogens (tertiary/aromatic N) is 2. The van der Waals surface area contributed by atoms with E-state index in [1.807, 2.05) is 6.92 Å². The van der Waals surface area contributed by atoms with Gasteiger partial charge in [-0.2, -0.15) is 0 Å². The average Bonchev–Trinajstić information content (AvgIpc) is 2.65. The van der Waals surface area contributed by atoms with E-state index < -0.39 is 0 Å². The van der Waals surface area contributed by atoms with E-state index in [1.54, 1.807) is 18.0 Å². The number of hydrogen-bond acceptors (Lipinski definition) is 4. The maximum absolute atomic E-state index is 11.4. The highest BCUT2D eigenvalue weighted by molar-refractivity contribution is 5.73. The fourth-order valence-corrected chi connectivity index (χ4v) is 1.83. The largest absolute Gasteiger partial charge is 0.444 e. The highest BCUT2D eigenvalue weighted by Gasteiger charge is 2.28. The Labute approximate surface area is 88.5 Å². The second-order valence-electron chi connectivity index (χ2n) is 3.74. The van der Waals surface area contributed by atoms with Crippen LogP contribution in [0.25, 0.3) is 0 Å². The molecule has 0 aromatic carbocycles. The number of nitrogens with one attached hydrogen (secondary N) is 1. The third kappa shape index (κ3) is 2.02. The van der Waals surface area contributed by atoms with Crippen LogP contribution in [0.1, 0.15) is 24.6 Å². The van der Waals surface area contributed by atoms with Gasteiger partial charge in [-0.25, -0.2) is 4.98 Å². The van der Waals surface area contributed by atoms with Crippen molar-refractivity contribution in [3.8, 4) is 0 Å². The Morgan fingerprint density at radius 2 is 2.53 bits per heavy atom. The van der Waals surface area contributed by atoms with Crippen molar-refractivity contribution in [1.82, 2.24) is 15.2 Å². The van der Waals surface area contributed by atoms with Gasteiger partial charge in [0.1, 0.15) is 11.8 Å². The summed E-state index contributed by atoms with van der Waals surface area (Å²) in [5.41, 5.74) is 0. The maximum atomic E-state index is 11.4. The topological polar surface area (TPSA) is 58.4 Å². The van der Waals surface area contributed by atoms with Crippen molar-refractivity contribution < 1.29 is 9.21 Å². The van der Waals surface area contributed by atoms with Crippen LogP contribution in [0.4, 0.5) is 0 Å². The van der Waals surface area contributed by atoms with E-state index in [0.29, 0.717) is 19.0 Å². The van der Waals surface area contributed by atoms with Crippen LogP contribution in [0.15, 0.2) is 10.6 Å². The van der Waals surface area contributed by atoms with Crippen LogP contribution in [-0.2, 0) is 4.79 Å². The summed E-state index contributed by atoms with van der Waals surface area (Å²) >= 11 is 0. The Balaban J connectivity index is 2.21. The highest BCUT2D eigenvalue weighted by Crippen LogP contribution is 2.21. The zero-order valence-corrected chi connectivity index (χ0v) is 8.99. The number of oxazole rings is 1.